The van der Waals surface area contributed by atoms with Crippen LogP contribution in [0.3, 0.4) is 0 Å². The van der Waals surface area contributed by atoms with Gasteiger partial charge in [0.25, 0.3) is 5.91 Å². The van der Waals surface area contributed by atoms with Crippen molar-refractivity contribution in [2.45, 2.75) is 25.8 Å². The molecule has 1 amide bonds. The molecular weight excluding hydrogens is 338 g/mol. The van der Waals surface area contributed by atoms with E-state index >= 15 is 0 Å². The average molecular weight is 354 g/mol. The van der Waals surface area contributed by atoms with E-state index in [0.29, 0.717) is 10.0 Å². The lowest BCUT2D eigenvalue weighted by molar-refractivity contribution is 0.0935. The number of nitrogens with one attached hydrogen (secondary N) is 1. The minimum Gasteiger partial charge on any atom is -0.507 e. The van der Waals surface area contributed by atoms with Crippen LogP contribution >= 0.6 is 27.3 Å². The average Bonchev–Trinajstić information content (AvgIpc) is 2.95. The molecule has 1 aromatic heterocycles. The summed E-state index contributed by atoms with van der Waals surface area (Å²) >= 11 is 4.85. The molecule has 0 aliphatic heterocycles. The molecule has 0 radical (unpaired) electrons. The Labute approximate surface area is 130 Å². The quantitative estimate of drug-likeness (QED) is 0.831. The maximum absolute atomic E-state index is 12.3. The third-order valence-corrected chi connectivity index (χ3v) is 4.63. The summed E-state index contributed by atoms with van der Waals surface area (Å²) in [5, 5.41) is 14.7. The second-order valence-corrected chi connectivity index (χ2v) is 6.33. The van der Waals surface area contributed by atoms with Crippen LogP contribution in [-0.4, -0.2) is 11.0 Å². The van der Waals surface area contributed by atoms with Crippen LogP contribution in [0, 0.1) is 0 Å². The third kappa shape index (κ3) is 3.61. The number of amides is 1. The van der Waals surface area contributed by atoms with Crippen molar-refractivity contribution in [1.29, 1.82) is 0 Å². The fraction of sp³-hybridized carbons (Fsp3) is 0.267. The summed E-state index contributed by atoms with van der Waals surface area (Å²) in [5.41, 5.74) is 0.461. The minimum absolute atomic E-state index is 0.0262. The van der Waals surface area contributed by atoms with Crippen LogP contribution in [0.4, 0.5) is 0 Å². The molecule has 1 heterocycles. The van der Waals surface area contributed by atoms with Crippen molar-refractivity contribution in [3.05, 3.63) is 50.6 Å². The lowest BCUT2D eigenvalue weighted by Gasteiger charge is -2.17. The van der Waals surface area contributed by atoms with Gasteiger partial charge in [-0.05, 0) is 52.0 Å². The first-order chi connectivity index (χ1) is 9.61. The predicted octanol–water partition coefficient (Wildman–Crippen LogP) is 4.49. The molecule has 5 heteroatoms. The number of carbonyl (C=O) groups excluding carboxylic acids is 1. The monoisotopic (exact) mass is 353 g/mol. The van der Waals surface area contributed by atoms with Gasteiger partial charge in [-0.15, -0.1) is 11.3 Å². The number of hydrogen-bond donors (Lipinski definition) is 2. The van der Waals surface area contributed by atoms with Gasteiger partial charge in [0.05, 0.1) is 10.5 Å². The van der Waals surface area contributed by atoms with Crippen LogP contribution in [0.25, 0.3) is 0 Å². The van der Waals surface area contributed by atoms with Crippen molar-refractivity contribution >= 4 is 33.2 Å². The van der Waals surface area contributed by atoms with E-state index in [1.54, 1.807) is 23.5 Å². The van der Waals surface area contributed by atoms with Crippen LogP contribution in [0.5, 0.6) is 5.75 Å². The molecule has 0 saturated carbocycles. The molecule has 0 aliphatic rings. The van der Waals surface area contributed by atoms with E-state index in [1.165, 1.54) is 6.07 Å². The first-order valence-electron chi connectivity index (χ1n) is 6.44. The van der Waals surface area contributed by atoms with Crippen LogP contribution in [0.15, 0.2) is 40.2 Å². The number of rotatable bonds is 5. The van der Waals surface area contributed by atoms with Gasteiger partial charge in [-0.2, -0.15) is 0 Å². The predicted molar refractivity (Wildman–Crippen MR) is 85.2 cm³/mol. The van der Waals surface area contributed by atoms with Gasteiger partial charge in [0.2, 0.25) is 0 Å². The Hall–Kier alpha value is -1.33. The standard InChI is InChI=1S/C15H16BrNO2S/c1-2-4-12(14-5-3-8-20-14)17-15(19)10-6-7-11(16)13(18)9-10/h3,5-9,12,18H,2,4H2,1H3,(H,17,19). The lowest BCUT2D eigenvalue weighted by atomic mass is 10.1. The highest BCUT2D eigenvalue weighted by Crippen LogP contribution is 2.26. The molecular formula is C15H16BrNO2S. The van der Waals surface area contributed by atoms with Crippen LogP contribution in [0.2, 0.25) is 0 Å². The van der Waals surface area contributed by atoms with Crippen molar-refractivity contribution in [3.63, 3.8) is 0 Å². The number of carbonyl (C=O) groups is 1. The number of thiophene rings is 1. The van der Waals surface area contributed by atoms with Crippen molar-refractivity contribution in [2.24, 2.45) is 0 Å². The molecule has 1 unspecified atom stereocenters. The van der Waals surface area contributed by atoms with E-state index in [0.717, 1.165) is 17.7 Å². The molecule has 0 bridgehead atoms. The van der Waals surface area contributed by atoms with Crippen LogP contribution in [0.1, 0.15) is 41.0 Å². The topological polar surface area (TPSA) is 49.3 Å². The number of phenolic OH excluding ortho intramolecular Hbond substituents is 1. The van der Waals surface area contributed by atoms with E-state index in [2.05, 4.69) is 28.2 Å². The van der Waals surface area contributed by atoms with Gasteiger partial charge in [-0.3, -0.25) is 4.79 Å². The molecule has 2 aromatic rings. The number of phenols is 1. The highest BCUT2D eigenvalue weighted by molar-refractivity contribution is 9.10. The fourth-order valence-corrected chi connectivity index (χ4v) is 3.02. The molecule has 1 atom stereocenters. The van der Waals surface area contributed by atoms with E-state index < -0.39 is 0 Å². The third-order valence-electron chi connectivity index (χ3n) is 2.98. The summed E-state index contributed by atoms with van der Waals surface area (Å²) in [6.45, 7) is 2.10. The number of benzene rings is 1. The van der Waals surface area contributed by atoms with Gasteiger partial charge in [0.15, 0.2) is 0 Å². The molecule has 2 rings (SSSR count). The molecule has 1 aromatic carbocycles. The Bertz CT molecular complexity index is 584. The summed E-state index contributed by atoms with van der Waals surface area (Å²) < 4.78 is 0.581. The largest absolute Gasteiger partial charge is 0.507 e. The Morgan fingerprint density at radius 3 is 2.85 bits per heavy atom. The summed E-state index contributed by atoms with van der Waals surface area (Å²) in [6, 6.07) is 8.88. The first kappa shape index (κ1) is 15.1. The molecule has 20 heavy (non-hydrogen) atoms. The molecule has 0 aliphatic carbocycles. The van der Waals surface area contributed by atoms with Crippen LogP contribution < -0.4 is 5.32 Å². The van der Waals surface area contributed by atoms with E-state index in [9.17, 15) is 9.90 Å². The molecule has 3 nitrogen and oxygen atoms in total. The zero-order valence-corrected chi connectivity index (χ0v) is 13.5. The molecule has 106 valence electrons. The van der Waals surface area contributed by atoms with Gasteiger partial charge in [0, 0.05) is 10.4 Å². The summed E-state index contributed by atoms with van der Waals surface area (Å²) in [5.74, 6) is -0.0968. The Morgan fingerprint density at radius 2 is 2.25 bits per heavy atom. The Balaban J connectivity index is 2.13. The van der Waals surface area contributed by atoms with E-state index in [-0.39, 0.29) is 17.7 Å². The summed E-state index contributed by atoms with van der Waals surface area (Å²) in [4.78, 5) is 13.4. The highest BCUT2D eigenvalue weighted by Gasteiger charge is 2.16. The maximum Gasteiger partial charge on any atom is 0.251 e. The number of halogens is 1. The minimum atomic E-state index is -0.167. The lowest BCUT2D eigenvalue weighted by Crippen LogP contribution is -2.27. The van der Waals surface area contributed by atoms with Crippen molar-refractivity contribution in [1.82, 2.24) is 5.32 Å². The normalized spacial score (nSPS) is 12.1. The molecule has 2 N–H and O–H groups in total. The van der Waals surface area contributed by atoms with Gasteiger partial charge in [-0.25, -0.2) is 0 Å². The van der Waals surface area contributed by atoms with Gasteiger partial charge in [-0.1, -0.05) is 19.4 Å². The fourth-order valence-electron chi connectivity index (χ4n) is 1.96. The molecule has 0 saturated heterocycles. The Morgan fingerprint density at radius 1 is 1.45 bits per heavy atom. The zero-order valence-electron chi connectivity index (χ0n) is 11.1. The molecule has 0 spiro atoms. The zero-order chi connectivity index (χ0) is 14.5. The van der Waals surface area contributed by atoms with Crippen molar-refractivity contribution < 1.29 is 9.90 Å². The SMILES string of the molecule is CCCC(NC(=O)c1ccc(Br)c(O)c1)c1cccs1. The second-order valence-electron chi connectivity index (χ2n) is 4.50. The van der Waals surface area contributed by atoms with Gasteiger partial charge >= 0.3 is 0 Å². The number of aromatic hydroxyl groups is 1. The van der Waals surface area contributed by atoms with Crippen LogP contribution in [-0.2, 0) is 0 Å². The second kappa shape index (κ2) is 6.90. The van der Waals surface area contributed by atoms with Gasteiger partial charge in [0.1, 0.15) is 5.75 Å². The maximum atomic E-state index is 12.3. The van der Waals surface area contributed by atoms with Gasteiger partial charge < -0.3 is 10.4 Å². The smallest absolute Gasteiger partial charge is 0.251 e. The summed E-state index contributed by atoms with van der Waals surface area (Å²) in [7, 11) is 0. The number of hydrogen-bond acceptors (Lipinski definition) is 3. The van der Waals surface area contributed by atoms with Crippen molar-refractivity contribution in [3.8, 4) is 5.75 Å². The highest BCUT2D eigenvalue weighted by atomic mass is 79.9. The van der Waals surface area contributed by atoms with Crippen molar-refractivity contribution in [2.75, 3.05) is 0 Å². The molecule has 0 fully saturated rings. The Kier molecular flexibility index (Phi) is 5.20. The van der Waals surface area contributed by atoms with E-state index in [1.807, 2.05) is 17.5 Å². The van der Waals surface area contributed by atoms with E-state index in [4.69, 9.17) is 0 Å². The first-order valence-corrected chi connectivity index (χ1v) is 8.12. The summed E-state index contributed by atoms with van der Waals surface area (Å²) in [6.07, 6.45) is 1.89.